The first-order valence-corrected chi connectivity index (χ1v) is 12.6. The lowest BCUT2D eigenvalue weighted by molar-refractivity contribution is 0.325. The third-order valence-corrected chi connectivity index (χ3v) is 9.74. The number of hydrogen-bond acceptors (Lipinski definition) is 8. The number of ether oxygens (including phenoxy) is 1. The van der Waals surface area contributed by atoms with Gasteiger partial charge in [0.05, 0.1) is 24.5 Å². The van der Waals surface area contributed by atoms with Crippen molar-refractivity contribution in [2.75, 3.05) is 12.9 Å². The lowest BCUT2D eigenvalue weighted by Gasteiger charge is -2.33. The van der Waals surface area contributed by atoms with E-state index in [4.69, 9.17) is 10.5 Å². The molecule has 7 nitrogen and oxygen atoms in total. The molecule has 4 rings (SSSR count). The first-order valence-electron chi connectivity index (χ1n) is 9.86. The monoisotopic (exact) mass is 480 g/mol. The number of sulfone groups is 1. The molecule has 1 aromatic heterocycles. The summed E-state index contributed by atoms with van der Waals surface area (Å²) in [6.45, 7) is 3.88. The van der Waals surface area contributed by atoms with Gasteiger partial charge >= 0.3 is 0 Å². The second-order valence-corrected chi connectivity index (χ2v) is 11.8. The fraction of sp³-hybridized carbons (Fsp3) is 0.381. The van der Waals surface area contributed by atoms with Crippen LogP contribution in [-0.2, 0) is 15.4 Å². The number of fused-ring (bicyclic) bond motifs is 1. The average Bonchev–Trinajstić information content (AvgIpc) is 3.47. The van der Waals surface area contributed by atoms with Gasteiger partial charge in [-0.05, 0) is 44.0 Å². The fourth-order valence-electron chi connectivity index (χ4n) is 4.11. The molecule has 0 spiro atoms. The van der Waals surface area contributed by atoms with Gasteiger partial charge in [0.1, 0.15) is 15.6 Å². The summed E-state index contributed by atoms with van der Waals surface area (Å²) in [7, 11) is -3.47. The standard InChI is InChI=1S/C21H22F2N4O3S2/c1-4-30-18-11-25-16(10-26-18)15(23)8-12-5-6-14(22)13(7-12)20(2)17-9-21(17,32(3,28)29)31-19(24)27-20/h5-8,10-11,17H,4,9H2,1-3H3,(H2,24,27)/b15-8-/t17-,20+,21+/m0/s1. The van der Waals surface area contributed by atoms with Crippen LogP contribution in [0.5, 0.6) is 5.88 Å². The summed E-state index contributed by atoms with van der Waals surface area (Å²) in [5, 5.41) is 0.0860. The number of aliphatic imine (C=N–C) groups is 1. The molecule has 2 aliphatic rings. The van der Waals surface area contributed by atoms with Crippen molar-refractivity contribution in [3.8, 4) is 5.88 Å². The Kier molecular flexibility index (Phi) is 5.52. The fourth-order valence-corrected chi connectivity index (χ4v) is 7.40. The van der Waals surface area contributed by atoms with Gasteiger partial charge in [0, 0.05) is 17.7 Å². The van der Waals surface area contributed by atoms with Crippen LogP contribution in [0.4, 0.5) is 8.78 Å². The maximum absolute atomic E-state index is 14.9. The van der Waals surface area contributed by atoms with Crippen LogP contribution in [0.2, 0.25) is 0 Å². The minimum absolute atomic E-state index is 0.000146. The molecule has 32 heavy (non-hydrogen) atoms. The van der Waals surface area contributed by atoms with Crippen LogP contribution in [0, 0.1) is 11.7 Å². The zero-order valence-corrected chi connectivity index (χ0v) is 19.3. The van der Waals surface area contributed by atoms with Crippen LogP contribution in [-0.4, -0.2) is 40.5 Å². The summed E-state index contributed by atoms with van der Waals surface area (Å²) < 4.78 is 58.6. The smallest absolute Gasteiger partial charge is 0.232 e. The third kappa shape index (κ3) is 3.77. The van der Waals surface area contributed by atoms with Crippen LogP contribution < -0.4 is 10.5 Å². The molecule has 0 radical (unpaired) electrons. The molecule has 1 aromatic carbocycles. The molecule has 11 heteroatoms. The number of thioether (sulfide) groups is 1. The van der Waals surface area contributed by atoms with E-state index >= 15 is 0 Å². The number of hydrogen-bond donors (Lipinski definition) is 1. The Labute approximate surface area is 189 Å². The number of rotatable bonds is 6. The normalized spacial score (nSPS) is 27.5. The Morgan fingerprint density at radius 2 is 2.12 bits per heavy atom. The van der Waals surface area contributed by atoms with Crippen molar-refractivity contribution in [1.82, 2.24) is 9.97 Å². The topological polar surface area (TPSA) is 108 Å². The summed E-state index contributed by atoms with van der Waals surface area (Å²) in [5.74, 6) is -1.39. The molecule has 1 saturated carbocycles. The Bertz CT molecular complexity index is 1230. The van der Waals surface area contributed by atoms with Crippen LogP contribution in [0.1, 0.15) is 37.1 Å². The van der Waals surface area contributed by atoms with E-state index in [0.717, 1.165) is 18.0 Å². The number of benzene rings is 1. The molecule has 170 valence electrons. The highest BCUT2D eigenvalue weighted by atomic mass is 32.3. The molecule has 0 saturated heterocycles. The molecule has 0 amide bonds. The largest absolute Gasteiger partial charge is 0.477 e. The zero-order valence-electron chi connectivity index (χ0n) is 17.7. The second kappa shape index (κ2) is 7.80. The molecule has 2 aromatic rings. The van der Waals surface area contributed by atoms with Gasteiger partial charge in [0.25, 0.3) is 0 Å². The predicted octanol–water partition coefficient (Wildman–Crippen LogP) is 3.52. The molecule has 1 fully saturated rings. The van der Waals surface area contributed by atoms with Gasteiger partial charge in [-0.15, -0.1) is 0 Å². The summed E-state index contributed by atoms with van der Waals surface area (Å²) in [6.07, 6.45) is 5.24. The molecule has 3 atom stereocenters. The number of nitrogens with zero attached hydrogens (tertiary/aromatic N) is 3. The van der Waals surface area contributed by atoms with E-state index in [2.05, 4.69) is 15.0 Å². The molecule has 2 heterocycles. The number of nitrogens with two attached hydrogens (primary N) is 1. The quantitative estimate of drug-likeness (QED) is 0.674. The van der Waals surface area contributed by atoms with Gasteiger partial charge in [-0.25, -0.2) is 27.2 Å². The summed E-state index contributed by atoms with van der Waals surface area (Å²) in [5.41, 5.74) is 5.29. The van der Waals surface area contributed by atoms with E-state index in [1.807, 2.05) is 0 Å². The first-order chi connectivity index (χ1) is 15.0. The highest BCUT2D eigenvalue weighted by molar-refractivity contribution is 8.24. The summed E-state index contributed by atoms with van der Waals surface area (Å²) in [4.78, 5) is 12.4. The van der Waals surface area contributed by atoms with Gasteiger partial charge < -0.3 is 10.5 Å². The molecular formula is C21H22F2N4O3S2. The maximum atomic E-state index is 14.9. The minimum Gasteiger partial charge on any atom is -0.477 e. The maximum Gasteiger partial charge on any atom is 0.232 e. The molecule has 1 aliphatic carbocycles. The molecule has 2 N–H and O–H groups in total. The Morgan fingerprint density at radius 1 is 1.38 bits per heavy atom. The Hall–Kier alpha value is -2.53. The Morgan fingerprint density at radius 3 is 2.75 bits per heavy atom. The van der Waals surface area contributed by atoms with Crippen LogP contribution in [0.3, 0.4) is 0 Å². The number of halogens is 2. The first kappa shape index (κ1) is 22.7. The molecule has 0 bridgehead atoms. The van der Waals surface area contributed by atoms with Crippen molar-refractivity contribution >= 4 is 38.7 Å². The molecule has 0 unspecified atom stereocenters. The third-order valence-electron chi connectivity index (χ3n) is 5.78. The van der Waals surface area contributed by atoms with Crippen LogP contribution >= 0.6 is 11.8 Å². The van der Waals surface area contributed by atoms with Gasteiger partial charge in [-0.3, -0.25) is 4.99 Å². The van der Waals surface area contributed by atoms with Gasteiger partial charge in [-0.1, -0.05) is 17.8 Å². The van der Waals surface area contributed by atoms with E-state index in [-0.39, 0.29) is 22.3 Å². The van der Waals surface area contributed by atoms with E-state index in [9.17, 15) is 17.2 Å². The van der Waals surface area contributed by atoms with Crippen molar-refractivity contribution in [3.05, 3.63) is 53.2 Å². The highest BCUT2D eigenvalue weighted by Crippen LogP contribution is 2.68. The number of amidine groups is 1. The predicted molar refractivity (Wildman–Crippen MR) is 121 cm³/mol. The second-order valence-electron chi connectivity index (χ2n) is 7.94. The molecule has 1 aliphatic heterocycles. The van der Waals surface area contributed by atoms with Gasteiger partial charge in [0.15, 0.2) is 20.8 Å². The zero-order chi connectivity index (χ0) is 23.3. The van der Waals surface area contributed by atoms with Crippen molar-refractivity contribution in [1.29, 1.82) is 0 Å². The van der Waals surface area contributed by atoms with Gasteiger partial charge in [0.2, 0.25) is 5.88 Å². The SMILES string of the molecule is CCOc1cnc(/C(F)=C/c2ccc(F)c([C@@]3(C)N=C(N)S[C@@]4(S(C)(=O)=O)C[C@H]43)c2)cn1. The summed E-state index contributed by atoms with van der Waals surface area (Å²) >= 11 is 1.01. The van der Waals surface area contributed by atoms with Crippen molar-refractivity contribution in [2.24, 2.45) is 16.6 Å². The summed E-state index contributed by atoms with van der Waals surface area (Å²) in [6, 6.07) is 4.10. The minimum atomic E-state index is -3.47. The van der Waals surface area contributed by atoms with E-state index in [1.165, 1.54) is 36.7 Å². The van der Waals surface area contributed by atoms with Crippen molar-refractivity contribution in [3.63, 3.8) is 0 Å². The van der Waals surface area contributed by atoms with E-state index < -0.39 is 37.0 Å². The van der Waals surface area contributed by atoms with Crippen LogP contribution in [0.15, 0.2) is 35.6 Å². The van der Waals surface area contributed by atoms with Gasteiger partial charge in [-0.2, -0.15) is 0 Å². The Balaban J connectivity index is 1.70. The van der Waals surface area contributed by atoms with E-state index in [0.29, 0.717) is 18.6 Å². The lowest BCUT2D eigenvalue weighted by Crippen LogP contribution is -2.39. The van der Waals surface area contributed by atoms with E-state index in [1.54, 1.807) is 13.8 Å². The number of aromatic nitrogens is 2. The van der Waals surface area contributed by atoms with Crippen molar-refractivity contribution in [2.45, 2.75) is 29.9 Å². The lowest BCUT2D eigenvalue weighted by atomic mass is 9.86. The van der Waals surface area contributed by atoms with Crippen molar-refractivity contribution < 1.29 is 21.9 Å². The average molecular weight is 481 g/mol. The molecular weight excluding hydrogens is 458 g/mol. The highest BCUT2D eigenvalue weighted by Gasteiger charge is 2.72. The van der Waals surface area contributed by atoms with Crippen LogP contribution in [0.25, 0.3) is 11.9 Å².